The third-order valence-corrected chi connectivity index (χ3v) is 7.15. The van der Waals surface area contributed by atoms with Crippen LogP contribution in [0.5, 0.6) is 0 Å². The van der Waals surface area contributed by atoms with Gasteiger partial charge in [0.25, 0.3) is 11.6 Å². The zero-order valence-electron chi connectivity index (χ0n) is 17.6. The van der Waals surface area contributed by atoms with Crippen LogP contribution in [0.4, 0.5) is 11.4 Å². The number of amides is 3. The summed E-state index contributed by atoms with van der Waals surface area (Å²) in [5.41, 5.74) is -0.159. The maximum Gasteiger partial charge on any atom is 0.269 e. The number of fused-ring (bicyclic) bond motifs is 3. The lowest BCUT2D eigenvalue weighted by atomic mass is 9.87. The molecule has 9 nitrogen and oxygen atoms in total. The fourth-order valence-corrected chi connectivity index (χ4v) is 5.83. The summed E-state index contributed by atoms with van der Waals surface area (Å²) in [5.74, 6) is -2.29. The zero-order valence-corrected chi connectivity index (χ0v) is 19.1. The van der Waals surface area contributed by atoms with Crippen LogP contribution < -0.4 is 4.90 Å². The molecule has 3 heterocycles. The van der Waals surface area contributed by atoms with Gasteiger partial charge in [0.2, 0.25) is 11.8 Å². The zero-order chi connectivity index (χ0) is 23.8. The lowest BCUT2D eigenvalue weighted by Crippen LogP contribution is -2.50. The van der Waals surface area contributed by atoms with Gasteiger partial charge < -0.3 is 0 Å². The van der Waals surface area contributed by atoms with E-state index in [1.165, 1.54) is 29.3 Å². The average molecular weight is 489 g/mol. The number of nitrogens with zero attached hydrogens (tertiary/aromatic N) is 4. The number of halogens is 2. The first-order valence-corrected chi connectivity index (χ1v) is 11.0. The van der Waals surface area contributed by atoms with Crippen LogP contribution in [0.1, 0.15) is 31.9 Å². The van der Waals surface area contributed by atoms with Crippen LogP contribution in [0.3, 0.4) is 0 Å². The average Bonchev–Trinajstić information content (AvgIpc) is 3.30. The number of hydrazine groups is 1. The molecule has 33 heavy (non-hydrogen) atoms. The van der Waals surface area contributed by atoms with Crippen LogP contribution in [-0.4, -0.2) is 44.2 Å². The van der Waals surface area contributed by atoms with Crippen LogP contribution in [0.25, 0.3) is 0 Å². The first kappa shape index (κ1) is 21.8. The van der Waals surface area contributed by atoms with Gasteiger partial charge in [-0.2, -0.15) is 0 Å². The predicted molar refractivity (Wildman–Crippen MR) is 119 cm³/mol. The van der Waals surface area contributed by atoms with Crippen LogP contribution in [0, 0.1) is 16.0 Å². The number of anilines is 1. The first-order chi connectivity index (χ1) is 15.5. The van der Waals surface area contributed by atoms with Crippen molar-refractivity contribution in [2.45, 2.75) is 37.9 Å². The van der Waals surface area contributed by atoms with Crippen molar-refractivity contribution in [3.05, 3.63) is 68.2 Å². The Morgan fingerprint density at radius 3 is 2.15 bits per heavy atom. The van der Waals surface area contributed by atoms with E-state index in [-0.39, 0.29) is 23.7 Å². The molecular formula is C22H18Cl2N4O5. The summed E-state index contributed by atoms with van der Waals surface area (Å²) in [4.78, 5) is 51.7. The predicted octanol–water partition coefficient (Wildman–Crippen LogP) is 3.74. The van der Waals surface area contributed by atoms with Gasteiger partial charge >= 0.3 is 0 Å². The van der Waals surface area contributed by atoms with Gasteiger partial charge in [-0.15, -0.1) is 0 Å². The van der Waals surface area contributed by atoms with Crippen molar-refractivity contribution < 1.29 is 19.3 Å². The quantitative estimate of drug-likeness (QED) is 0.370. The van der Waals surface area contributed by atoms with Gasteiger partial charge in [0.05, 0.1) is 22.6 Å². The molecule has 3 fully saturated rings. The minimum absolute atomic E-state index is 0.161. The molecule has 170 valence electrons. The van der Waals surface area contributed by atoms with E-state index in [1.807, 2.05) is 13.8 Å². The molecule has 0 bridgehead atoms. The van der Waals surface area contributed by atoms with Crippen molar-refractivity contribution in [3.8, 4) is 0 Å². The summed E-state index contributed by atoms with van der Waals surface area (Å²) >= 11 is 13.0. The highest BCUT2D eigenvalue weighted by Crippen LogP contribution is 2.55. The van der Waals surface area contributed by atoms with E-state index in [0.29, 0.717) is 15.6 Å². The molecule has 3 saturated heterocycles. The smallest absolute Gasteiger partial charge is 0.269 e. The number of nitro benzene ring substituents is 1. The van der Waals surface area contributed by atoms with Crippen LogP contribution in [-0.2, 0) is 14.4 Å². The Morgan fingerprint density at radius 2 is 1.58 bits per heavy atom. The van der Waals surface area contributed by atoms with Gasteiger partial charge in [-0.3, -0.25) is 29.5 Å². The summed E-state index contributed by atoms with van der Waals surface area (Å²) < 4.78 is 0. The Morgan fingerprint density at radius 1 is 0.970 bits per heavy atom. The summed E-state index contributed by atoms with van der Waals surface area (Å²) in [6.45, 7) is 3.74. The standard InChI is InChI=1S/C22H18Cl2N4O5/c1-22(2)10-15(29)26-19-17(18(27(22)26)16-13(23)4-3-5-14(16)24)20(30)25(21(19)31)11-6-8-12(9-7-11)28(32)33/h3-9,17-19H,10H2,1-2H3/t17-,18+,19+/m0/s1. The number of imide groups is 1. The van der Waals surface area contributed by atoms with E-state index in [0.717, 1.165) is 4.90 Å². The molecule has 3 amide bonds. The monoisotopic (exact) mass is 488 g/mol. The van der Waals surface area contributed by atoms with Crippen molar-refractivity contribution in [1.29, 1.82) is 0 Å². The molecule has 2 aromatic rings. The van der Waals surface area contributed by atoms with Crippen LogP contribution in [0.15, 0.2) is 42.5 Å². The van der Waals surface area contributed by atoms with Gasteiger partial charge in [0, 0.05) is 39.7 Å². The lowest BCUT2D eigenvalue weighted by Gasteiger charge is -2.38. The molecule has 0 spiro atoms. The molecule has 0 N–H and O–H groups in total. The molecule has 0 saturated carbocycles. The maximum absolute atomic E-state index is 13.7. The van der Waals surface area contributed by atoms with E-state index in [9.17, 15) is 24.5 Å². The van der Waals surface area contributed by atoms with E-state index in [2.05, 4.69) is 0 Å². The van der Waals surface area contributed by atoms with Crippen molar-refractivity contribution in [2.24, 2.45) is 5.92 Å². The second-order valence-corrected chi connectivity index (χ2v) is 9.72. The number of benzene rings is 2. The molecule has 11 heteroatoms. The van der Waals surface area contributed by atoms with Gasteiger partial charge in [-0.1, -0.05) is 29.3 Å². The Hall–Kier alpha value is -3.01. The topological polar surface area (TPSA) is 104 Å². The van der Waals surface area contributed by atoms with E-state index in [1.54, 1.807) is 23.2 Å². The highest BCUT2D eigenvalue weighted by atomic mass is 35.5. The van der Waals surface area contributed by atoms with Crippen LogP contribution in [0.2, 0.25) is 10.0 Å². The molecule has 0 radical (unpaired) electrons. The van der Waals surface area contributed by atoms with E-state index >= 15 is 0 Å². The number of hydrogen-bond acceptors (Lipinski definition) is 6. The molecular weight excluding hydrogens is 471 g/mol. The second kappa shape index (κ2) is 7.24. The second-order valence-electron chi connectivity index (χ2n) is 8.91. The molecule has 0 aromatic heterocycles. The summed E-state index contributed by atoms with van der Waals surface area (Å²) in [6, 6.07) is 8.34. The highest BCUT2D eigenvalue weighted by molar-refractivity contribution is 6.36. The van der Waals surface area contributed by atoms with E-state index in [4.69, 9.17) is 23.2 Å². The number of carbonyl (C=O) groups is 3. The lowest BCUT2D eigenvalue weighted by molar-refractivity contribution is -0.384. The Labute approximate surface area is 198 Å². The summed E-state index contributed by atoms with van der Waals surface area (Å²) in [5, 5.41) is 14.8. The van der Waals surface area contributed by atoms with Crippen molar-refractivity contribution in [3.63, 3.8) is 0 Å². The largest absolute Gasteiger partial charge is 0.274 e. The molecule has 3 aliphatic heterocycles. The molecule has 0 unspecified atom stereocenters. The van der Waals surface area contributed by atoms with Crippen molar-refractivity contribution in [2.75, 3.05) is 4.90 Å². The molecule has 5 rings (SSSR count). The third-order valence-electron chi connectivity index (χ3n) is 6.49. The van der Waals surface area contributed by atoms with Gasteiger partial charge in [0.1, 0.15) is 6.04 Å². The number of hydrogen-bond donors (Lipinski definition) is 0. The molecule has 2 aromatic carbocycles. The third kappa shape index (κ3) is 2.99. The van der Waals surface area contributed by atoms with Gasteiger partial charge in [0.15, 0.2) is 0 Å². The summed E-state index contributed by atoms with van der Waals surface area (Å²) in [7, 11) is 0. The number of nitro groups is 1. The first-order valence-electron chi connectivity index (χ1n) is 10.2. The Kier molecular flexibility index (Phi) is 4.79. The minimum Gasteiger partial charge on any atom is -0.274 e. The van der Waals surface area contributed by atoms with Crippen molar-refractivity contribution in [1.82, 2.24) is 10.0 Å². The minimum atomic E-state index is -1.06. The molecule has 0 aliphatic carbocycles. The van der Waals surface area contributed by atoms with E-state index < -0.39 is 40.3 Å². The fourth-order valence-electron chi connectivity index (χ4n) is 5.21. The number of non-ortho nitro benzene ring substituents is 1. The summed E-state index contributed by atoms with van der Waals surface area (Å²) in [6.07, 6.45) is 0.161. The number of carbonyl (C=O) groups excluding carboxylic acids is 3. The SMILES string of the molecule is CC1(C)CC(=O)N2[C@H]3C(=O)N(c4ccc([N+](=O)[O-])cc4)C(=O)[C@H]3[C@@H](c3c(Cl)cccc3Cl)N21. The Bertz CT molecular complexity index is 1210. The Balaban J connectivity index is 1.66. The number of rotatable bonds is 3. The maximum atomic E-state index is 13.7. The normalized spacial score (nSPS) is 26.2. The molecule has 3 atom stereocenters. The van der Waals surface area contributed by atoms with Crippen molar-refractivity contribution >= 4 is 52.3 Å². The fraction of sp³-hybridized carbons (Fsp3) is 0.318. The van der Waals surface area contributed by atoms with Gasteiger partial charge in [-0.05, 0) is 38.1 Å². The highest BCUT2D eigenvalue weighted by Gasteiger charge is 2.68. The van der Waals surface area contributed by atoms with Crippen LogP contribution >= 0.6 is 23.2 Å². The van der Waals surface area contributed by atoms with Gasteiger partial charge in [-0.25, -0.2) is 9.91 Å². The molecule has 3 aliphatic rings.